The zero-order valence-corrected chi connectivity index (χ0v) is 16.9. The van der Waals surface area contributed by atoms with E-state index in [9.17, 15) is 9.59 Å². The molecule has 3 aromatic rings. The van der Waals surface area contributed by atoms with E-state index < -0.39 is 0 Å². The highest BCUT2D eigenvalue weighted by molar-refractivity contribution is 6.31. The van der Waals surface area contributed by atoms with Crippen LogP contribution in [-0.2, 0) is 9.59 Å². The molecule has 0 unspecified atom stereocenters. The molecule has 0 saturated carbocycles. The first kappa shape index (κ1) is 19.8. The average molecular weight is 422 g/mol. The number of hydrogen-bond acceptors (Lipinski definition) is 4. The molecule has 0 radical (unpaired) electrons. The van der Waals surface area contributed by atoms with Crippen LogP contribution in [0.2, 0.25) is 5.02 Å². The predicted octanol–water partition coefficient (Wildman–Crippen LogP) is 3.88. The first-order valence-corrected chi connectivity index (χ1v) is 10.0. The second-order valence-electron chi connectivity index (χ2n) is 6.84. The van der Waals surface area contributed by atoms with Crippen LogP contribution in [0.4, 0.5) is 5.69 Å². The van der Waals surface area contributed by atoms with Gasteiger partial charge < -0.3 is 5.32 Å². The van der Waals surface area contributed by atoms with Crippen molar-refractivity contribution in [1.29, 1.82) is 0 Å². The van der Waals surface area contributed by atoms with Gasteiger partial charge in [-0.3, -0.25) is 9.59 Å². The van der Waals surface area contributed by atoms with Crippen molar-refractivity contribution in [3.05, 3.63) is 77.6 Å². The van der Waals surface area contributed by atoms with E-state index in [0.717, 1.165) is 11.3 Å². The molecule has 2 aromatic carbocycles. The summed E-state index contributed by atoms with van der Waals surface area (Å²) in [5.41, 5.74) is 3.13. The Kier molecular flexibility index (Phi) is 5.90. The molecule has 7 nitrogen and oxygen atoms in total. The highest BCUT2D eigenvalue weighted by Gasteiger charge is 2.22. The lowest BCUT2D eigenvalue weighted by atomic mass is 10.1. The normalized spacial score (nSPS) is 13.2. The van der Waals surface area contributed by atoms with Crippen LogP contribution < -0.4 is 5.32 Å². The first-order chi connectivity index (χ1) is 14.6. The number of amides is 2. The van der Waals surface area contributed by atoms with Crippen molar-refractivity contribution < 1.29 is 9.59 Å². The number of aromatic nitrogens is 2. The van der Waals surface area contributed by atoms with Crippen molar-refractivity contribution in [2.75, 3.05) is 11.9 Å². The summed E-state index contributed by atoms with van der Waals surface area (Å²) in [4.78, 5) is 25.0. The highest BCUT2D eigenvalue weighted by Crippen LogP contribution is 2.24. The van der Waals surface area contributed by atoms with Gasteiger partial charge in [0.1, 0.15) is 0 Å². The van der Waals surface area contributed by atoms with Gasteiger partial charge in [-0.1, -0.05) is 41.9 Å². The number of anilines is 1. The molecule has 0 atom stereocenters. The van der Waals surface area contributed by atoms with Crippen LogP contribution in [0.25, 0.3) is 5.69 Å². The molecule has 0 bridgehead atoms. The van der Waals surface area contributed by atoms with E-state index in [4.69, 9.17) is 11.6 Å². The lowest BCUT2D eigenvalue weighted by Gasteiger charge is -2.13. The highest BCUT2D eigenvalue weighted by atomic mass is 35.5. The number of nitrogens with zero attached hydrogens (tertiary/aromatic N) is 4. The number of hydrogen-bond donors (Lipinski definition) is 1. The smallest absolute Gasteiger partial charge is 0.243 e. The Morgan fingerprint density at radius 1 is 1.07 bits per heavy atom. The third-order valence-electron chi connectivity index (χ3n) is 4.75. The van der Waals surface area contributed by atoms with E-state index in [1.54, 1.807) is 41.3 Å². The Bertz CT molecular complexity index is 1080. The van der Waals surface area contributed by atoms with Gasteiger partial charge >= 0.3 is 0 Å². The molecule has 4 rings (SSSR count). The molecule has 1 aliphatic heterocycles. The number of nitrogens with one attached hydrogen (secondary N) is 1. The van der Waals surface area contributed by atoms with Crippen molar-refractivity contribution in [3.8, 4) is 5.69 Å². The molecule has 30 heavy (non-hydrogen) atoms. The largest absolute Gasteiger partial charge is 0.324 e. The topological polar surface area (TPSA) is 79.6 Å². The summed E-state index contributed by atoms with van der Waals surface area (Å²) in [5, 5.41) is 13.4. The predicted molar refractivity (Wildman–Crippen MR) is 116 cm³/mol. The van der Waals surface area contributed by atoms with Gasteiger partial charge in [0.05, 0.1) is 23.6 Å². The van der Waals surface area contributed by atoms with E-state index in [-0.39, 0.29) is 24.7 Å². The third-order valence-corrected chi connectivity index (χ3v) is 4.98. The molecule has 0 spiro atoms. The standard InChI is InChI=1S/C22H20ClN5O2/c23-17-7-8-20(27-13-4-12-24-27)19(15-17)25-21(29)9-10-22(30)28-14-11-18(26-28)16-5-2-1-3-6-16/h1-8,12-13,15H,9-11,14H2,(H,25,29). The minimum Gasteiger partial charge on any atom is -0.324 e. The molecule has 8 heteroatoms. The zero-order valence-electron chi connectivity index (χ0n) is 16.2. The molecular weight excluding hydrogens is 402 g/mol. The van der Waals surface area contributed by atoms with Gasteiger partial charge in [0.25, 0.3) is 0 Å². The Morgan fingerprint density at radius 2 is 1.90 bits per heavy atom. The van der Waals surface area contributed by atoms with Gasteiger partial charge in [-0.05, 0) is 29.8 Å². The van der Waals surface area contributed by atoms with Crippen LogP contribution in [0.1, 0.15) is 24.8 Å². The molecule has 0 fully saturated rings. The first-order valence-electron chi connectivity index (χ1n) is 9.63. The fourth-order valence-electron chi connectivity index (χ4n) is 3.25. The molecule has 0 aliphatic carbocycles. The second kappa shape index (κ2) is 8.92. The van der Waals surface area contributed by atoms with E-state index in [0.29, 0.717) is 29.4 Å². The Morgan fingerprint density at radius 3 is 2.67 bits per heavy atom. The fourth-order valence-corrected chi connectivity index (χ4v) is 3.42. The summed E-state index contributed by atoms with van der Waals surface area (Å²) < 4.78 is 1.64. The van der Waals surface area contributed by atoms with E-state index in [1.807, 2.05) is 30.3 Å². The molecule has 152 valence electrons. The van der Waals surface area contributed by atoms with Crippen LogP contribution >= 0.6 is 11.6 Å². The maximum Gasteiger partial charge on any atom is 0.243 e. The number of benzene rings is 2. The Labute approximate surface area is 179 Å². The van der Waals surface area contributed by atoms with E-state index in [1.165, 1.54) is 5.01 Å². The van der Waals surface area contributed by atoms with Gasteiger partial charge in [0, 0.05) is 36.7 Å². The maximum absolute atomic E-state index is 12.5. The van der Waals surface area contributed by atoms with Crippen molar-refractivity contribution in [2.45, 2.75) is 19.3 Å². The van der Waals surface area contributed by atoms with Crippen LogP contribution in [0.3, 0.4) is 0 Å². The van der Waals surface area contributed by atoms with Gasteiger partial charge in [-0.15, -0.1) is 0 Å². The summed E-state index contributed by atoms with van der Waals surface area (Å²) in [6.07, 6.45) is 4.26. The number of hydrazone groups is 1. The number of carbonyl (C=O) groups is 2. The summed E-state index contributed by atoms with van der Waals surface area (Å²) in [7, 11) is 0. The van der Waals surface area contributed by atoms with E-state index >= 15 is 0 Å². The van der Waals surface area contributed by atoms with E-state index in [2.05, 4.69) is 15.5 Å². The lowest BCUT2D eigenvalue weighted by molar-refractivity contribution is -0.132. The summed E-state index contributed by atoms with van der Waals surface area (Å²) in [5.74, 6) is -0.444. The molecule has 1 aliphatic rings. The van der Waals surface area contributed by atoms with Crippen molar-refractivity contribution in [2.24, 2.45) is 5.10 Å². The molecule has 2 amide bonds. The summed E-state index contributed by atoms with van der Waals surface area (Å²) in [6, 6.07) is 16.7. The molecule has 2 heterocycles. The summed E-state index contributed by atoms with van der Waals surface area (Å²) >= 11 is 6.08. The van der Waals surface area contributed by atoms with Gasteiger partial charge in [-0.25, -0.2) is 9.69 Å². The van der Waals surface area contributed by atoms with Crippen molar-refractivity contribution in [3.63, 3.8) is 0 Å². The van der Waals surface area contributed by atoms with Crippen LogP contribution in [-0.4, -0.2) is 38.9 Å². The maximum atomic E-state index is 12.5. The molecule has 1 N–H and O–H groups in total. The summed E-state index contributed by atoms with van der Waals surface area (Å²) in [6.45, 7) is 0.530. The quantitative estimate of drug-likeness (QED) is 0.655. The van der Waals surface area contributed by atoms with Crippen LogP contribution in [0.15, 0.2) is 72.1 Å². The van der Waals surface area contributed by atoms with Crippen LogP contribution in [0.5, 0.6) is 0 Å². The average Bonchev–Trinajstić information content (AvgIpc) is 3.45. The third kappa shape index (κ3) is 4.58. The lowest BCUT2D eigenvalue weighted by Crippen LogP contribution is -2.25. The van der Waals surface area contributed by atoms with Gasteiger partial charge in [0.2, 0.25) is 11.8 Å². The number of carbonyl (C=O) groups excluding carboxylic acids is 2. The molecule has 1 aromatic heterocycles. The van der Waals surface area contributed by atoms with Crippen LogP contribution in [0, 0.1) is 0 Å². The number of halogens is 1. The fraction of sp³-hybridized carbons (Fsp3) is 0.182. The van der Waals surface area contributed by atoms with Crippen molar-refractivity contribution in [1.82, 2.24) is 14.8 Å². The molecule has 0 saturated heterocycles. The Hall–Kier alpha value is -3.45. The monoisotopic (exact) mass is 421 g/mol. The Balaban J connectivity index is 1.36. The zero-order chi connectivity index (χ0) is 20.9. The number of rotatable bonds is 6. The second-order valence-corrected chi connectivity index (χ2v) is 7.28. The SMILES string of the molecule is O=C(CCC(=O)N1CCC(c2ccccc2)=N1)Nc1cc(Cl)ccc1-n1cccn1. The van der Waals surface area contributed by atoms with Gasteiger partial charge in [0.15, 0.2) is 0 Å². The minimum atomic E-state index is -0.273. The van der Waals surface area contributed by atoms with Gasteiger partial charge in [-0.2, -0.15) is 10.2 Å². The van der Waals surface area contributed by atoms with Crippen molar-refractivity contribution >= 4 is 34.8 Å². The molecular formula is C22H20ClN5O2. The minimum absolute atomic E-state index is 0.0522.